The summed E-state index contributed by atoms with van der Waals surface area (Å²) in [6, 6.07) is 0.582. The maximum absolute atomic E-state index is 5.34. The summed E-state index contributed by atoms with van der Waals surface area (Å²) in [6.07, 6.45) is 5.34. The first kappa shape index (κ1) is 7.03. The number of nitrogens with two attached hydrogens (primary N) is 1. The normalized spacial score (nSPS) is 36.7. The molecule has 2 nitrogen and oxygen atoms in total. The fourth-order valence-corrected chi connectivity index (χ4v) is 1.56. The largest absolute Gasteiger partial charge is 0.271 e. The van der Waals surface area contributed by atoms with Crippen LogP contribution in [-0.2, 0) is 0 Å². The van der Waals surface area contributed by atoms with E-state index in [2.05, 4.69) is 12.3 Å². The third-order valence-electron chi connectivity index (χ3n) is 2.33. The number of hydrogen-bond donors (Lipinski definition) is 2. The molecule has 1 saturated carbocycles. The van der Waals surface area contributed by atoms with Crippen molar-refractivity contribution in [3.8, 4) is 0 Å². The van der Waals surface area contributed by atoms with Gasteiger partial charge in [-0.3, -0.25) is 11.3 Å². The van der Waals surface area contributed by atoms with Crippen LogP contribution in [0.15, 0.2) is 0 Å². The van der Waals surface area contributed by atoms with Gasteiger partial charge in [-0.15, -0.1) is 0 Å². The van der Waals surface area contributed by atoms with E-state index in [0.29, 0.717) is 6.04 Å². The third-order valence-corrected chi connectivity index (χ3v) is 2.33. The quantitative estimate of drug-likeness (QED) is 0.409. The van der Waals surface area contributed by atoms with Crippen LogP contribution in [0.1, 0.15) is 32.6 Å². The van der Waals surface area contributed by atoms with E-state index in [1.54, 1.807) is 0 Å². The van der Waals surface area contributed by atoms with Crippen LogP contribution in [0.3, 0.4) is 0 Å². The van der Waals surface area contributed by atoms with E-state index in [4.69, 9.17) is 5.84 Å². The molecule has 0 saturated heterocycles. The van der Waals surface area contributed by atoms with Crippen molar-refractivity contribution in [2.75, 3.05) is 0 Å². The summed E-state index contributed by atoms with van der Waals surface area (Å²) >= 11 is 0. The highest BCUT2D eigenvalue weighted by Gasteiger charge is 2.18. The van der Waals surface area contributed by atoms with Gasteiger partial charge in [0.2, 0.25) is 0 Å². The molecule has 0 aromatic heterocycles. The molecule has 1 fully saturated rings. The van der Waals surface area contributed by atoms with E-state index in [-0.39, 0.29) is 0 Å². The summed E-state index contributed by atoms with van der Waals surface area (Å²) in [5, 5.41) is 0. The number of rotatable bonds is 1. The van der Waals surface area contributed by atoms with E-state index in [9.17, 15) is 0 Å². The standard InChI is InChI=1S/C7H16N2/c1-6-4-2-3-5-7(6)9-8/h6-7,9H,2-5,8H2,1H3/t6-,7-/m0/s1. The second kappa shape index (κ2) is 3.18. The Morgan fingerprint density at radius 2 is 2.00 bits per heavy atom. The predicted octanol–water partition coefficient (Wildman–Crippen LogP) is 1.03. The van der Waals surface area contributed by atoms with Crippen LogP contribution in [0.5, 0.6) is 0 Å². The van der Waals surface area contributed by atoms with E-state index in [1.165, 1.54) is 25.7 Å². The second-order valence-electron chi connectivity index (χ2n) is 3.03. The van der Waals surface area contributed by atoms with Crippen molar-refractivity contribution in [3.05, 3.63) is 0 Å². The fraction of sp³-hybridized carbons (Fsp3) is 1.00. The molecule has 0 unspecified atom stereocenters. The molecule has 9 heavy (non-hydrogen) atoms. The Kier molecular flexibility index (Phi) is 2.49. The molecule has 0 radical (unpaired) electrons. The van der Waals surface area contributed by atoms with Gasteiger partial charge in [0.05, 0.1) is 0 Å². The number of hydrogen-bond acceptors (Lipinski definition) is 2. The van der Waals surface area contributed by atoms with Crippen molar-refractivity contribution >= 4 is 0 Å². The van der Waals surface area contributed by atoms with Gasteiger partial charge in [-0.25, -0.2) is 0 Å². The summed E-state index contributed by atoms with van der Waals surface area (Å²) in [4.78, 5) is 0. The lowest BCUT2D eigenvalue weighted by Gasteiger charge is -2.27. The van der Waals surface area contributed by atoms with Crippen LogP contribution in [0.2, 0.25) is 0 Å². The zero-order valence-corrected chi connectivity index (χ0v) is 6.06. The van der Waals surface area contributed by atoms with Crippen molar-refractivity contribution in [1.82, 2.24) is 5.43 Å². The second-order valence-corrected chi connectivity index (χ2v) is 3.03. The molecule has 1 rings (SSSR count). The smallest absolute Gasteiger partial charge is 0.0236 e. The molecule has 1 aliphatic carbocycles. The highest BCUT2D eigenvalue weighted by atomic mass is 15.2. The van der Waals surface area contributed by atoms with Crippen molar-refractivity contribution in [1.29, 1.82) is 0 Å². The first-order valence-corrected chi connectivity index (χ1v) is 3.80. The first-order valence-electron chi connectivity index (χ1n) is 3.80. The molecule has 0 aromatic carbocycles. The molecule has 0 spiro atoms. The van der Waals surface area contributed by atoms with Gasteiger partial charge in [-0.05, 0) is 18.8 Å². The summed E-state index contributed by atoms with van der Waals surface area (Å²) < 4.78 is 0. The minimum absolute atomic E-state index is 0.582. The minimum Gasteiger partial charge on any atom is -0.271 e. The van der Waals surface area contributed by atoms with E-state index < -0.39 is 0 Å². The minimum atomic E-state index is 0.582. The Hall–Kier alpha value is -0.0800. The van der Waals surface area contributed by atoms with Crippen molar-refractivity contribution in [3.63, 3.8) is 0 Å². The molecule has 0 aliphatic heterocycles. The molecular formula is C7H16N2. The lowest BCUT2D eigenvalue weighted by Crippen LogP contribution is -2.41. The number of nitrogens with one attached hydrogen (secondary N) is 1. The van der Waals surface area contributed by atoms with Crippen molar-refractivity contribution < 1.29 is 0 Å². The van der Waals surface area contributed by atoms with Crippen molar-refractivity contribution in [2.45, 2.75) is 38.6 Å². The summed E-state index contributed by atoms with van der Waals surface area (Å²) in [7, 11) is 0. The van der Waals surface area contributed by atoms with E-state index in [0.717, 1.165) is 5.92 Å². The topological polar surface area (TPSA) is 38.0 Å². The van der Waals surface area contributed by atoms with Gasteiger partial charge >= 0.3 is 0 Å². The SMILES string of the molecule is C[C@H]1CCCC[C@@H]1NN. The number of hydrazine groups is 1. The Bertz CT molecular complexity index is 83.0. The molecule has 54 valence electrons. The lowest BCUT2D eigenvalue weighted by atomic mass is 9.86. The summed E-state index contributed by atoms with van der Waals surface area (Å²) in [5.74, 6) is 6.12. The maximum Gasteiger partial charge on any atom is 0.0236 e. The van der Waals surface area contributed by atoms with Gasteiger partial charge < -0.3 is 0 Å². The average molecular weight is 128 g/mol. The van der Waals surface area contributed by atoms with Crippen LogP contribution >= 0.6 is 0 Å². The average Bonchev–Trinajstić information content (AvgIpc) is 1.89. The Labute approximate surface area is 56.8 Å². The van der Waals surface area contributed by atoms with Crippen molar-refractivity contribution in [2.24, 2.45) is 11.8 Å². The Morgan fingerprint density at radius 3 is 2.44 bits per heavy atom. The Balaban J connectivity index is 2.30. The monoisotopic (exact) mass is 128 g/mol. The molecule has 0 heterocycles. The van der Waals surface area contributed by atoms with Crippen LogP contribution < -0.4 is 11.3 Å². The molecule has 2 atom stereocenters. The highest BCUT2D eigenvalue weighted by molar-refractivity contribution is 4.75. The zero-order chi connectivity index (χ0) is 6.69. The first-order chi connectivity index (χ1) is 4.34. The third kappa shape index (κ3) is 1.66. The molecule has 3 N–H and O–H groups in total. The maximum atomic E-state index is 5.34. The van der Waals surface area contributed by atoms with Gasteiger partial charge in [-0.1, -0.05) is 19.8 Å². The van der Waals surface area contributed by atoms with E-state index >= 15 is 0 Å². The predicted molar refractivity (Wildman–Crippen MR) is 38.7 cm³/mol. The van der Waals surface area contributed by atoms with Crippen LogP contribution in [0, 0.1) is 5.92 Å². The molecule has 0 amide bonds. The zero-order valence-electron chi connectivity index (χ0n) is 6.06. The lowest BCUT2D eigenvalue weighted by molar-refractivity contribution is 0.284. The van der Waals surface area contributed by atoms with Crippen LogP contribution in [0.4, 0.5) is 0 Å². The van der Waals surface area contributed by atoms with Crippen LogP contribution in [-0.4, -0.2) is 6.04 Å². The molecular weight excluding hydrogens is 112 g/mol. The summed E-state index contributed by atoms with van der Waals surface area (Å²) in [6.45, 7) is 2.27. The summed E-state index contributed by atoms with van der Waals surface area (Å²) in [5.41, 5.74) is 2.85. The van der Waals surface area contributed by atoms with Gasteiger partial charge in [0, 0.05) is 6.04 Å². The van der Waals surface area contributed by atoms with Crippen LogP contribution in [0.25, 0.3) is 0 Å². The molecule has 0 aromatic rings. The van der Waals surface area contributed by atoms with E-state index in [1.807, 2.05) is 0 Å². The van der Waals surface area contributed by atoms with Gasteiger partial charge in [0.15, 0.2) is 0 Å². The highest BCUT2D eigenvalue weighted by Crippen LogP contribution is 2.22. The molecule has 1 aliphatic rings. The molecule has 0 bridgehead atoms. The Morgan fingerprint density at radius 1 is 1.33 bits per heavy atom. The fourth-order valence-electron chi connectivity index (χ4n) is 1.56. The van der Waals surface area contributed by atoms with Gasteiger partial charge in [-0.2, -0.15) is 0 Å². The van der Waals surface area contributed by atoms with Gasteiger partial charge in [0.25, 0.3) is 0 Å². The molecule has 2 heteroatoms. The van der Waals surface area contributed by atoms with Gasteiger partial charge in [0.1, 0.15) is 0 Å².